The van der Waals surface area contributed by atoms with Gasteiger partial charge in [-0.15, -0.1) is 10.2 Å². The number of nitrogens with one attached hydrogen (secondary N) is 1. The van der Waals surface area contributed by atoms with Gasteiger partial charge in [-0.2, -0.15) is 0 Å². The van der Waals surface area contributed by atoms with Crippen molar-refractivity contribution in [3.8, 4) is 0 Å². The average molecular weight is 225 g/mol. The van der Waals surface area contributed by atoms with Crippen LogP contribution in [0.5, 0.6) is 0 Å². The van der Waals surface area contributed by atoms with E-state index in [9.17, 15) is 4.79 Å². The SMILES string of the molecule is CC(c1ccccc1)c1nnc(C(=O)O)[nH]1.[LiH]. The molecule has 0 radical (unpaired) electrons. The second-order valence-electron chi connectivity index (χ2n) is 3.50. The van der Waals surface area contributed by atoms with E-state index in [-0.39, 0.29) is 30.6 Å². The van der Waals surface area contributed by atoms with Crippen LogP contribution in [0.3, 0.4) is 0 Å². The number of aromatic amines is 1. The second kappa shape index (κ2) is 5.67. The third-order valence-corrected chi connectivity index (χ3v) is 2.42. The number of nitrogens with zero attached hydrogens (tertiary/aromatic N) is 2. The summed E-state index contributed by atoms with van der Waals surface area (Å²) in [5, 5.41) is 16.1. The van der Waals surface area contributed by atoms with Gasteiger partial charge in [-0.3, -0.25) is 0 Å². The number of hydrogen-bond acceptors (Lipinski definition) is 3. The number of carboxylic acid groups (broad SMARTS) is 1. The van der Waals surface area contributed by atoms with Crippen LogP contribution in [0.2, 0.25) is 0 Å². The van der Waals surface area contributed by atoms with Crippen LogP contribution >= 0.6 is 0 Å². The average Bonchev–Trinajstić information content (AvgIpc) is 2.78. The Kier molecular flexibility index (Phi) is 4.50. The van der Waals surface area contributed by atoms with E-state index in [1.165, 1.54) is 0 Å². The Morgan fingerprint density at radius 3 is 2.47 bits per heavy atom. The summed E-state index contributed by atoms with van der Waals surface area (Å²) < 4.78 is 0. The summed E-state index contributed by atoms with van der Waals surface area (Å²) in [7, 11) is 0. The van der Waals surface area contributed by atoms with Gasteiger partial charge in [0.1, 0.15) is 5.82 Å². The van der Waals surface area contributed by atoms with Crippen molar-refractivity contribution in [3.05, 3.63) is 47.5 Å². The van der Waals surface area contributed by atoms with Gasteiger partial charge in [-0.05, 0) is 5.56 Å². The van der Waals surface area contributed by atoms with Crippen LogP contribution in [0.1, 0.15) is 34.8 Å². The summed E-state index contributed by atoms with van der Waals surface area (Å²) in [4.78, 5) is 13.3. The van der Waals surface area contributed by atoms with Crippen LogP contribution in [-0.4, -0.2) is 45.1 Å². The summed E-state index contributed by atoms with van der Waals surface area (Å²) in [5.41, 5.74) is 1.07. The van der Waals surface area contributed by atoms with Crippen molar-refractivity contribution in [2.75, 3.05) is 0 Å². The van der Waals surface area contributed by atoms with Crippen molar-refractivity contribution in [2.24, 2.45) is 0 Å². The maximum atomic E-state index is 10.6. The molecule has 0 aliphatic rings. The fourth-order valence-corrected chi connectivity index (χ4v) is 1.47. The Morgan fingerprint density at radius 2 is 1.94 bits per heavy atom. The van der Waals surface area contributed by atoms with E-state index in [4.69, 9.17) is 5.11 Å². The zero-order valence-electron chi connectivity index (χ0n) is 8.71. The molecule has 1 heterocycles. The molecule has 0 aliphatic carbocycles. The third-order valence-electron chi connectivity index (χ3n) is 2.42. The van der Waals surface area contributed by atoms with E-state index in [1.54, 1.807) is 0 Å². The first-order valence-electron chi connectivity index (χ1n) is 4.89. The number of aromatic nitrogens is 3. The fourth-order valence-electron chi connectivity index (χ4n) is 1.47. The number of carboxylic acids is 1. The first-order chi connectivity index (χ1) is 7.68. The number of carbonyl (C=O) groups is 1. The van der Waals surface area contributed by atoms with Gasteiger partial charge in [0.25, 0.3) is 0 Å². The molecular formula is C11H12LiN3O2. The maximum absolute atomic E-state index is 10.6. The van der Waals surface area contributed by atoms with Gasteiger partial charge >= 0.3 is 24.8 Å². The minimum atomic E-state index is -1.10. The Labute approximate surface area is 110 Å². The van der Waals surface area contributed by atoms with Gasteiger partial charge < -0.3 is 10.1 Å². The molecule has 0 bridgehead atoms. The molecule has 2 aromatic rings. The van der Waals surface area contributed by atoms with Crippen molar-refractivity contribution in [1.82, 2.24) is 15.2 Å². The molecule has 5 nitrogen and oxygen atoms in total. The molecule has 1 unspecified atom stereocenters. The number of aromatic carboxylic acids is 1. The number of benzene rings is 1. The van der Waals surface area contributed by atoms with Gasteiger partial charge in [0, 0.05) is 5.92 Å². The Bertz CT molecular complexity index is 498. The number of H-pyrrole nitrogens is 1. The molecule has 0 fully saturated rings. The fraction of sp³-hybridized carbons (Fsp3) is 0.182. The van der Waals surface area contributed by atoms with Crippen LogP contribution in [0.15, 0.2) is 30.3 Å². The van der Waals surface area contributed by atoms with E-state index in [0.29, 0.717) is 5.82 Å². The van der Waals surface area contributed by atoms with Gasteiger partial charge in [-0.1, -0.05) is 37.3 Å². The molecule has 0 amide bonds. The quantitative estimate of drug-likeness (QED) is 0.764. The summed E-state index contributed by atoms with van der Waals surface area (Å²) >= 11 is 0. The molecule has 0 spiro atoms. The molecule has 0 saturated carbocycles. The van der Waals surface area contributed by atoms with Crippen molar-refractivity contribution in [2.45, 2.75) is 12.8 Å². The van der Waals surface area contributed by atoms with Crippen molar-refractivity contribution < 1.29 is 9.90 Å². The summed E-state index contributed by atoms with van der Waals surface area (Å²) in [5.74, 6) is -0.665. The first kappa shape index (κ1) is 13.5. The molecular weight excluding hydrogens is 213 g/mol. The molecule has 1 aromatic carbocycles. The van der Waals surface area contributed by atoms with Gasteiger partial charge in [0.05, 0.1) is 0 Å². The zero-order valence-corrected chi connectivity index (χ0v) is 8.71. The molecule has 2 rings (SSSR count). The van der Waals surface area contributed by atoms with Crippen LogP contribution in [0, 0.1) is 0 Å². The van der Waals surface area contributed by atoms with Crippen molar-refractivity contribution in [3.63, 3.8) is 0 Å². The van der Waals surface area contributed by atoms with E-state index in [2.05, 4.69) is 15.2 Å². The predicted molar refractivity (Wildman–Crippen MR) is 64.5 cm³/mol. The Morgan fingerprint density at radius 1 is 1.29 bits per heavy atom. The number of rotatable bonds is 3. The van der Waals surface area contributed by atoms with Crippen molar-refractivity contribution >= 4 is 24.8 Å². The Balaban J connectivity index is 0.00000144. The van der Waals surface area contributed by atoms with Crippen molar-refractivity contribution in [1.29, 1.82) is 0 Å². The van der Waals surface area contributed by atoms with Crippen LogP contribution < -0.4 is 0 Å². The van der Waals surface area contributed by atoms with E-state index in [0.717, 1.165) is 5.56 Å². The predicted octanol–water partition coefficient (Wildman–Crippen LogP) is 1.01. The molecule has 1 aromatic heterocycles. The van der Waals surface area contributed by atoms with Crippen LogP contribution in [0.25, 0.3) is 0 Å². The standard InChI is InChI=1S/C11H11N3O2.Li.H/c1-7(8-5-3-2-4-6-8)9-12-10(11(15)16)14-13-9;;/h2-7H,1H3,(H,15,16)(H,12,13,14);;. The summed E-state index contributed by atoms with van der Waals surface area (Å²) in [6.07, 6.45) is 0. The zero-order chi connectivity index (χ0) is 11.5. The topological polar surface area (TPSA) is 78.9 Å². The Hall–Kier alpha value is -1.57. The molecule has 17 heavy (non-hydrogen) atoms. The second-order valence-corrected chi connectivity index (χ2v) is 3.50. The van der Waals surface area contributed by atoms with Gasteiger partial charge in [0.2, 0.25) is 5.82 Å². The molecule has 0 saturated heterocycles. The summed E-state index contributed by atoms with van der Waals surface area (Å²) in [6, 6.07) is 9.72. The molecule has 0 aliphatic heterocycles. The molecule has 6 heteroatoms. The number of hydrogen-bond donors (Lipinski definition) is 2. The van der Waals surface area contributed by atoms with Gasteiger partial charge in [-0.25, -0.2) is 4.79 Å². The molecule has 1 atom stereocenters. The van der Waals surface area contributed by atoms with Crippen LogP contribution in [0.4, 0.5) is 0 Å². The molecule has 2 N–H and O–H groups in total. The third kappa shape index (κ3) is 2.96. The summed E-state index contributed by atoms with van der Waals surface area (Å²) in [6.45, 7) is 1.95. The van der Waals surface area contributed by atoms with E-state index < -0.39 is 5.97 Å². The molecule has 84 valence electrons. The normalized spacial score (nSPS) is 11.6. The van der Waals surface area contributed by atoms with Gasteiger partial charge in [0.15, 0.2) is 0 Å². The monoisotopic (exact) mass is 225 g/mol. The van der Waals surface area contributed by atoms with Crippen LogP contribution in [-0.2, 0) is 0 Å². The van der Waals surface area contributed by atoms with E-state index >= 15 is 0 Å². The first-order valence-corrected chi connectivity index (χ1v) is 4.89. The minimum absolute atomic E-state index is 0. The van der Waals surface area contributed by atoms with E-state index in [1.807, 2.05) is 37.3 Å².